The van der Waals surface area contributed by atoms with Crippen molar-refractivity contribution in [1.29, 1.82) is 0 Å². The van der Waals surface area contributed by atoms with Crippen LogP contribution in [-0.2, 0) is 12.8 Å². The van der Waals surface area contributed by atoms with Crippen molar-refractivity contribution in [1.82, 2.24) is 0 Å². The topological polar surface area (TPSA) is 61.0 Å². The van der Waals surface area contributed by atoms with Crippen LogP contribution < -0.4 is 29.6 Å². The van der Waals surface area contributed by atoms with Crippen molar-refractivity contribution in [3.8, 4) is 34.1 Å². The average Bonchev–Trinajstić information content (AvgIpc) is 3.67. The van der Waals surface area contributed by atoms with Crippen LogP contribution in [0.25, 0.3) is 54.2 Å². The lowest BCUT2D eigenvalue weighted by Gasteiger charge is -2.29. The Hall–Kier alpha value is -4.84. The summed E-state index contributed by atoms with van der Waals surface area (Å²) in [5.41, 5.74) is 7.40. The van der Waals surface area contributed by atoms with Gasteiger partial charge in [-0.2, -0.15) is 0 Å². The summed E-state index contributed by atoms with van der Waals surface area (Å²) in [6.45, 7) is 2.25. The Labute approximate surface area is 229 Å². The summed E-state index contributed by atoms with van der Waals surface area (Å²) in [6.07, 6.45) is 1.88. The quantitative estimate of drug-likeness (QED) is 0.219. The number of hydrogen-bond acceptors (Lipinski definition) is 6. The van der Waals surface area contributed by atoms with Crippen LogP contribution in [0.3, 0.4) is 0 Å². The standard InChI is InChI=1S/C34H24N2O4/c1-3-7-21-19(5-1)27(31-25-17(9-11-35-31)13-23-33(29(21)25)39-15-37-23)28-20-6-2-4-8-22(20)30-26-18(10-12-36-32(26)28)14-24-34(30)40-16-38-24/h1-8,13-14,35-36H,9-12,15-16H2. The minimum atomic E-state index is 0.259. The zero-order valence-corrected chi connectivity index (χ0v) is 21.6. The molecule has 40 heavy (non-hydrogen) atoms. The van der Waals surface area contributed by atoms with E-state index in [-0.39, 0.29) is 13.6 Å². The number of fused-ring (bicyclic) bond motifs is 8. The van der Waals surface area contributed by atoms with E-state index in [0.29, 0.717) is 0 Å². The molecule has 0 saturated heterocycles. The summed E-state index contributed by atoms with van der Waals surface area (Å²) >= 11 is 0. The third-order valence-corrected chi connectivity index (χ3v) is 9.06. The van der Waals surface area contributed by atoms with E-state index in [0.717, 1.165) is 59.7 Å². The molecule has 0 aromatic heterocycles. The van der Waals surface area contributed by atoms with Gasteiger partial charge in [0.25, 0.3) is 0 Å². The van der Waals surface area contributed by atoms with Crippen molar-refractivity contribution in [3.05, 3.63) is 71.8 Å². The van der Waals surface area contributed by atoms with Crippen LogP contribution >= 0.6 is 0 Å². The molecule has 0 fully saturated rings. The van der Waals surface area contributed by atoms with Crippen LogP contribution in [0.4, 0.5) is 11.4 Å². The summed E-state index contributed by atoms with van der Waals surface area (Å²) in [6, 6.07) is 21.9. The Balaban J connectivity index is 1.46. The van der Waals surface area contributed by atoms with E-state index in [2.05, 4.69) is 71.3 Å². The minimum absolute atomic E-state index is 0.259. The summed E-state index contributed by atoms with van der Waals surface area (Å²) in [4.78, 5) is 0. The van der Waals surface area contributed by atoms with E-state index < -0.39 is 0 Å². The molecule has 0 bridgehead atoms. The molecule has 6 aromatic carbocycles. The van der Waals surface area contributed by atoms with Crippen molar-refractivity contribution in [2.45, 2.75) is 12.8 Å². The highest BCUT2D eigenvalue weighted by Crippen LogP contribution is 2.57. The zero-order chi connectivity index (χ0) is 25.9. The van der Waals surface area contributed by atoms with Gasteiger partial charge in [0.2, 0.25) is 13.6 Å². The highest BCUT2D eigenvalue weighted by Gasteiger charge is 2.32. The van der Waals surface area contributed by atoms with E-state index in [1.165, 1.54) is 65.9 Å². The Bertz CT molecular complexity index is 1980. The molecule has 0 saturated carbocycles. The van der Waals surface area contributed by atoms with E-state index in [4.69, 9.17) is 18.9 Å². The largest absolute Gasteiger partial charge is 0.454 e. The Morgan fingerprint density at radius 3 is 1.43 bits per heavy atom. The number of rotatable bonds is 1. The Kier molecular flexibility index (Phi) is 3.90. The van der Waals surface area contributed by atoms with Gasteiger partial charge in [0.15, 0.2) is 23.0 Å². The maximum absolute atomic E-state index is 6.10. The predicted molar refractivity (Wildman–Crippen MR) is 159 cm³/mol. The molecule has 6 heteroatoms. The predicted octanol–water partition coefficient (Wildman–Crippen LogP) is 7.36. The summed E-state index contributed by atoms with van der Waals surface area (Å²) in [7, 11) is 0. The number of benzene rings is 6. The Morgan fingerprint density at radius 2 is 0.950 bits per heavy atom. The first-order chi connectivity index (χ1) is 19.9. The molecule has 6 aromatic rings. The molecule has 4 aliphatic heterocycles. The highest BCUT2D eigenvalue weighted by atomic mass is 16.7. The normalized spacial score (nSPS) is 16.1. The number of nitrogens with one attached hydrogen (secondary N) is 2. The van der Waals surface area contributed by atoms with Crippen LogP contribution in [0.2, 0.25) is 0 Å². The van der Waals surface area contributed by atoms with Gasteiger partial charge < -0.3 is 29.6 Å². The van der Waals surface area contributed by atoms with Crippen LogP contribution in [0, 0.1) is 0 Å². The van der Waals surface area contributed by atoms with Gasteiger partial charge in [-0.3, -0.25) is 0 Å². The van der Waals surface area contributed by atoms with Crippen molar-refractivity contribution >= 4 is 54.5 Å². The van der Waals surface area contributed by atoms with Gasteiger partial charge in [0.1, 0.15) is 0 Å². The highest BCUT2D eigenvalue weighted by molar-refractivity contribution is 6.31. The monoisotopic (exact) mass is 524 g/mol. The van der Waals surface area contributed by atoms with Crippen molar-refractivity contribution in [2.75, 3.05) is 37.3 Å². The zero-order valence-electron chi connectivity index (χ0n) is 21.6. The average molecular weight is 525 g/mol. The fraction of sp³-hybridized carbons (Fsp3) is 0.176. The van der Waals surface area contributed by atoms with Crippen molar-refractivity contribution < 1.29 is 18.9 Å². The molecule has 0 atom stereocenters. The van der Waals surface area contributed by atoms with Gasteiger partial charge in [0.05, 0.1) is 11.4 Å². The lowest BCUT2D eigenvalue weighted by Crippen LogP contribution is -2.15. The Morgan fingerprint density at radius 1 is 0.500 bits per heavy atom. The third-order valence-electron chi connectivity index (χ3n) is 9.06. The van der Waals surface area contributed by atoms with Crippen molar-refractivity contribution in [3.63, 3.8) is 0 Å². The van der Waals surface area contributed by atoms with Gasteiger partial charge in [0, 0.05) is 45.8 Å². The molecule has 0 spiro atoms. The van der Waals surface area contributed by atoms with E-state index in [1.54, 1.807) is 0 Å². The lowest BCUT2D eigenvalue weighted by atomic mass is 9.81. The molecular formula is C34H24N2O4. The minimum Gasteiger partial charge on any atom is -0.454 e. The summed E-state index contributed by atoms with van der Waals surface area (Å²) in [5.74, 6) is 3.40. The maximum atomic E-state index is 6.10. The van der Waals surface area contributed by atoms with E-state index >= 15 is 0 Å². The fourth-order valence-corrected chi connectivity index (χ4v) is 7.55. The fourth-order valence-electron chi connectivity index (χ4n) is 7.55. The smallest absolute Gasteiger partial charge is 0.231 e. The van der Waals surface area contributed by atoms with Crippen molar-refractivity contribution in [2.24, 2.45) is 0 Å². The molecule has 10 rings (SSSR count). The summed E-state index contributed by atoms with van der Waals surface area (Å²) < 4.78 is 24.0. The molecule has 0 radical (unpaired) electrons. The molecule has 194 valence electrons. The van der Waals surface area contributed by atoms with Gasteiger partial charge >= 0.3 is 0 Å². The maximum Gasteiger partial charge on any atom is 0.231 e. The second-order valence-electron chi connectivity index (χ2n) is 11.0. The van der Waals surface area contributed by atoms with Gasteiger partial charge in [-0.15, -0.1) is 0 Å². The van der Waals surface area contributed by atoms with Gasteiger partial charge in [-0.1, -0.05) is 48.5 Å². The first-order valence-electron chi connectivity index (χ1n) is 13.9. The molecule has 0 aliphatic carbocycles. The second-order valence-corrected chi connectivity index (χ2v) is 11.0. The van der Waals surface area contributed by atoms with Crippen LogP contribution in [0.1, 0.15) is 11.1 Å². The molecule has 6 nitrogen and oxygen atoms in total. The molecule has 0 amide bonds. The van der Waals surface area contributed by atoms with Gasteiger partial charge in [-0.05, 0) is 57.6 Å². The van der Waals surface area contributed by atoms with Crippen LogP contribution in [0.15, 0.2) is 60.7 Å². The van der Waals surface area contributed by atoms with E-state index in [9.17, 15) is 0 Å². The third kappa shape index (κ3) is 2.50. The first-order valence-corrected chi connectivity index (χ1v) is 13.9. The van der Waals surface area contributed by atoms with Crippen LogP contribution in [-0.4, -0.2) is 26.7 Å². The summed E-state index contributed by atoms with van der Waals surface area (Å²) in [5, 5.41) is 17.2. The molecule has 2 N–H and O–H groups in total. The molecule has 4 heterocycles. The first kappa shape index (κ1) is 21.0. The van der Waals surface area contributed by atoms with E-state index in [1.807, 2.05) is 0 Å². The lowest BCUT2D eigenvalue weighted by molar-refractivity contribution is 0.174. The molecule has 4 aliphatic rings. The second kappa shape index (κ2) is 7.42. The molecule has 0 unspecified atom stereocenters. The van der Waals surface area contributed by atoms with Crippen LogP contribution in [0.5, 0.6) is 23.0 Å². The molecular weight excluding hydrogens is 500 g/mol. The number of hydrogen-bond donors (Lipinski definition) is 2. The number of anilines is 2. The number of ether oxygens (including phenoxy) is 4. The van der Waals surface area contributed by atoms with Gasteiger partial charge in [-0.25, -0.2) is 0 Å². The SMILES string of the molecule is c1ccc2c(c1)c(-c1c3c4c(cc5c(c4c4ccccc14)OCO5)CCN3)c1c3c(cc4c(c32)OCO4)CCN1.